The van der Waals surface area contributed by atoms with E-state index < -0.39 is 0 Å². The lowest BCUT2D eigenvalue weighted by Crippen LogP contribution is -1.78. The van der Waals surface area contributed by atoms with Crippen LogP contribution in [-0.4, -0.2) is 6.29 Å². The van der Waals surface area contributed by atoms with Crippen LogP contribution in [-0.2, 0) is 4.79 Å². The summed E-state index contributed by atoms with van der Waals surface area (Å²) >= 11 is 0. The van der Waals surface area contributed by atoms with Crippen LogP contribution in [0.15, 0.2) is 36.5 Å². The molecule has 0 rings (SSSR count). The Balaban J connectivity index is 3.13. The Morgan fingerprint density at radius 1 is 0.706 bits per heavy atom. The molecule has 0 bridgehead atoms. The summed E-state index contributed by atoms with van der Waals surface area (Å²) in [5.74, 6) is 0. The molecule has 0 aromatic carbocycles. The van der Waals surface area contributed by atoms with Gasteiger partial charge in [0.15, 0.2) is 0 Å². The molecule has 0 aliphatic rings. The molecule has 0 aromatic heterocycles. The highest BCUT2D eigenvalue weighted by Crippen LogP contribution is 2.08. The van der Waals surface area contributed by atoms with Crippen molar-refractivity contribution in [3.8, 4) is 0 Å². The third-order valence-electron chi connectivity index (χ3n) is 2.58. The van der Waals surface area contributed by atoms with E-state index >= 15 is 0 Å². The third kappa shape index (κ3) is 14.9. The molecule has 0 amide bonds. The minimum Gasteiger partial charge on any atom is -0.299 e. The summed E-state index contributed by atoms with van der Waals surface area (Å²) in [4.78, 5) is 9.98. The Morgan fingerprint density at radius 2 is 1.35 bits per heavy atom. The maximum atomic E-state index is 9.98. The number of allylic oxidation sites excluding steroid dienone is 6. The summed E-state index contributed by atoms with van der Waals surface area (Å²) in [5.41, 5.74) is 0. The Hall–Kier alpha value is -1.11. The minimum atomic E-state index is 0.803. The van der Waals surface area contributed by atoms with Crippen molar-refractivity contribution >= 4 is 6.29 Å². The van der Waals surface area contributed by atoms with Crippen LogP contribution in [0.3, 0.4) is 0 Å². The zero-order chi connectivity index (χ0) is 12.6. The van der Waals surface area contributed by atoms with Crippen LogP contribution < -0.4 is 0 Å². The van der Waals surface area contributed by atoms with Gasteiger partial charge in [-0.05, 0) is 38.2 Å². The van der Waals surface area contributed by atoms with E-state index in [0.29, 0.717) is 0 Å². The summed E-state index contributed by atoms with van der Waals surface area (Å²) in [7, 11) is 0. The molecule has 0 fully saturated rings. The minimum absolute atomic E-state index is 0.803. The van der Waals surface area contributed by atoms with E-state index in [0.717, 1.165) is 19.1 Å². The molecule has 0 N–H and O–H groups in total. The second-order valence-corrected chi connectivity index (χ2v) is 4.17. The van der Waals surface area contributed by atoms with Gasteiger partial charge in [-0.15, -0.1) is 0 Å². The van der Waals surface area contributed by atoms with Crippen molar-refractivity contribution in [1.29, 1.82) is 0 Å². The molecule has 17 heavy (non-hydrogen) atoms. The fourth-order valence-corrected chi connectivity index (χ4v) is 1.62. The zero-order valence-corrected chi connectivity index (χ0v) is 11.1. The van der Waals surface area contributed by atoms with Crippen LogP contribution in [0.5, 0.6) is 0 Å². The second kappa shape index (κ2) is 14.9. The van der Waals surface area contributed by atoms with Crippen LogP contribution in [0.1, 0.15) is 58.3 Å². The molecule has 0 saturated carbocycles. The first kappa shape index (κ1) is 15.9. The summed E-state index contributed by atoms with van der Waals surface area (Å²) in [6.07, 6.45) is 22.8. The van der Waals surface area contributed by atoms with Gasteiger partial charge in [-0.1, -0.05) is 56.6 Å². The van der Waals surface area contributed by atoms with Gasteiger partial charge < -0.3 is 0 Å². The molecule has 0 spiro atoms. The monoisotopic (exact) mass is 234 g/mol. The average molecular weight is 234 g/mol. The molecule has 0 radical (unpaired) electrons. The van der Waals surface area contributed by atoms with Gasteiger partial charge in [-0.2, -0.15) is 0 Å². The highest BCUT2D eigenvalue weighted by Gasteiger charge is 1.88. The lowest BCUT2D eigenvalue weighted by Gasteiger charge is -1.97. The number of unbranched alkanes of at least 4 members (excludes halogenated alkanes) is 6. The van der Waals surface area contributed by atoms with Crippen molar-refractivity contribution in [2.45, 2.75) is 58.3 Å². The lowest BCUT2D eigenvalue weighted by molar-refractivity contribution is -0.104. The van der Waals surface area contributed by atoms with Gasteiger partial charge in [0.2, 0.25) is 0 Å². The molecule has 0 aromatic rings. The van der Waals surface area contributed by atoms with Crippen molar-refractivity contribution in [2.24, 2.45) is 0 Å². The molecule has 1 nitrogen and oxygen atoms in total. The number of carbonyl (C=O) groups excluding carboxylic acids is 1. The molecule has 96 valence electrons. The smallest absolute Gasteiger partial charge is 0.142 e. The SMILES string of the molecule is CCC=CCCCCCCCC=CC=CC=O. The van der Waals surface area contributed by atoms with Gasteiger partial charge >= 0.3 is 0 Å². The maximum Gasteiger partial charge on any atom is 0.142 e. The van der Waals surface area contributed by atoms with Gasteiger partial charge in [0.25, 0.3) is 0 Å². The number of hydrogen-bond donors (Lipinski definition) is 0. The van der Waals surface area contributed by atoms with Crippen molar-refractivity contribution < 1.29 is 4.79 Å². The quantitative estimate of drug-likeness (QED) is 0.162. The average Bonchev–Trinajstić information content (AvgIpc) is 2.35. The fraction of sp³-hybridized carbons (Fsp3) is 0.562. The van der Waals surface area contributed by atoms with E-state index in [-0.39, 0.29) is 0 Å². The predicted molar refractivity (Wildman–Crippen MR) is 76.1 cm³/mol. The maximum absolute atomic E-state index is 9.98. The number of carbonyl (C=O) groups is 1. The topological polar surface area (TPSA) is 17.1 Å². The van der Waals surface area contributed by atoms with Gasteiger partial charge in [0, 0.05) is 0 Å². The van der Waals surface area contributed by atoms with E-state index in [4.69, 9.17) is 0 Å². The molecule has 0 unspecified atom stereocenters. The molecular weight excluding hydrogens is 208 g/mol. The summed E-state index contributed by atoms with van der Waals surface area (Å²) in [6, 6.07) is 0. The first-order valence-electron chi connectivity index (χ1n) is 6.83. The van der Waals surface area contributed by atoms with E-state index in [1.54, 1.807) is 6.08 Å². The number of rotatable bonds is 11. The van der Waals surface area contributed by atoms with E-state index in [1.165, 1.54) is 44.6 Å². The van der Waals surface area contributed by atoms with E-state index in [9.17, 15) is 4.79 Å². The largest absolute Gasteiger partial charge is 0.299 e. The zero-order valence-electron chi connectivity index (χ0n) is 11.1. The van der Waals surface area contributed by atoms with Crippen molar-refractivity contribution in [2.75, 3.05) is 0 Å². The number of hydrogen-bond acceptors (Lipinski definition) is 1. The van der Waals surface area contributed by atoms with Crippen molar-refractivity contribution in [3.05, 3.63) is 36.5 Å². The lowest BCUT2D eigenvalue weighted by atomic mass is 10.1. The van der Waals surface area contributed by atoms with Gasteiger partial charge in [-0.3, -0.25) is 4.79 Å². The molecule has 0 heterocycles. The Bertz CT molecular complexity index is 236. The molecule has 0 atom stereocenters. The molecule has 0 saturated heterocycles. The molecule has 0 aliphatic heterocycles. The van der Waals surface area contributed by atoms with Crippen LogP contribution in [0.2, 0.25) is 0 Å². The van der Waals surface area contributed by atoms with Gasteiger partial charge in [0.1, 0.15) is 6.29 Å². The predicted octanol–water partition coefficient (Wildman–Crippen LogP) is 4.99. The first-order valence-corrected chi connectivity index (χ1v) is 6.83. The molecule has 1 heteroatoms. The number of aldehydes is 1. The van der Waals surface area contributed by atoms with Crippen LogP contribution >= 0.6 is 0 Å². The summed E-state index contributed by atoms with van der Waals surface area (Å²) in [6.45, 7) is 2.17. The fourth-order valence-electron chi connectivity index (χ4n) is 1.62. The normalized spacial score (nSPS) is 12.1. The van der Waals surface area contributed by atoms with Crippen LogP contribution in [0, 0.1) is 0 Å². The standard InChI is InChI=1S/C16H26O/c1-2-3-4-5-6-7-8-9-10-11-12-13-14-15-16-17/h3-4,12-16H,2,5-11H2,1H3. The van der Waals surface area contributed by atoms with Crippen molar-refractivity contribution in [1.82, 2.24) is 0 Å². The van der Waals surface area contributed by atoms with Crippen LogP contribution in [0.25, 0.3) is 0 Å². The summed E-state index contributed by atoms with van der Waals surface area (Å²) in [5, 5.41) is 0. The highest BCUT2D eigenvalue weighted by molar-refractivity contribution is 5.65. The Kier molecular flexibility index (Phi) is 13.9. The third-order valence-corrected chi connectivity index (χ3v) is 2.58. The molecule has 0 aliphatic carbocycles. The van der Waals surface area contributed by atoms with Gasteiger partial charge in [0.05, 0.1) is 0 Å². The summed E-state index contributed by atoms with van der Waals surface area (Å²) < 4.78 is 0. The first-order chi connectivity index (χ1) is 8.41. The Labute approximate surface area is 106 Å². The Morgan fingerprint density at radius 3 is 2.00 bits per heavy atom. The van der Waals surface area contributed by atoms with Crippen LogP contribution in [0.4, 0.5) is 0 Å². The molecular formula is C16H26O. The van der Waals surface area contributed by atoms with E-state index in [1.807, 2.05) is 6.08 Å². The van der Waals surface area contributed by atoms with E-state index in [2.05, 4.69) is 25.2 Å². The highest BCUT2D eigenvalue weighted by atomic mass is 16.1. The van der Waals surface area contributed by atoms with Gasteiger partial charge in [-0.25, -0.2) is 0 Å². The van der Waals surface area contributed by atoms with Crippen molar-refractivity contribution in [3.63, 3.8) is 0 Å². The second-order valence-electron chi connectivity index (χ2n) is 4.17.